The third kappa shape index (κ3) is 4.76. The molecule has 2 heterocycles. The van der Waals surface area contributed by atoms with Crippen molar-refractivity contribution in [3.8, 4) is 0 Å². The Kier molecular flexibility index (Phi) is 6.59. The topological polar surface area (TPSA) is 67.2 Å². The number of nitrogens with zero attached hydrogens (tertiary/aromatic N) is 3. The van der Waals surface area contributed by atoms with Gasteiger partial charge in [0, 0.05) is 25.7 Å². The summed E-state index contributed by atoms with van der Waals surface area (Å²) in [5.74, 6) is 0.465. The molecule has 1 fully saturated rings. The van der Waals surface area contributed by atoms with Gasteiger partial charge in [0.05, 0.1) is 17.0 Å². The van der Waals surface area contributed by atoms with Crippen LogP contribution in [0.5, 0.6) is 0 Å². The Labute approximate surface area is 212 Å². The standard InChI is InChI=1S/C30H32N4O2/c1-20-16-21(2)18-24(17-20)30(36)34-15-9-12-23(19-34)29(35)32-27(22-10-5-4-6-11-22)28-31-25-13-7-8-14-26(25)33(28)3/h4-8,10-11,13-14,16-18,23,27H,9,12,15,19H2,1-3H3,(H,32,35). The highest BCUT2D eigenvalue weighted by molar-refractivity contribution is 5.95. The molecule has 4 aromatic rings. The number of hydrogen-bond acceptors (Lipinski definition) is 3. The van der Waals surface area contributed by atoms with Crippen LogP contribution >= 0.6 is 0 Å². The number of amides is 2. The molecule has 6 nitrogen and oxygen atoms in total. The van der Waals surface area contributed by atoms with Crippen molar-refractivity contribution < 1.29 is 9.59 Å². The van der Waals surface area contributed by atoms with Gasteiger partial charge in [-0.15, -0.1) is 0 Å². The number of aromatic nitrogens is 2. The first-order valence-corrected chi connectivity index (χ1v) is 12.5. The lowest BCUT2D eigenvalue weighted by molar-refractivity contribution is -0.126. The number of para-hydroxylation sites is 2. The van der Waals surface area contributed by atoms with Crippen LogP contribution in [0.1, 0.15) is 51.8 Å². The quantitative estimate of drug-likeness (QED) is 0.440. The molecule has 3 aromatic carbocycles. The molecule has 0 aliphatic carbocycles. The Morgan fingerprint density at radius 1 is 0.972 bits per heavy atom. The van der Waals surface area contributed by atoms with Crippen molar-refractivity contribution in [3.05, 3.63) is 101 Å². The van der Waals surface area contributed by atoms with E-state index in [2.05, 4.69) is 11.4 Å². The van der Waals surface area contributed by atoms with E-state index in [4.69, 9.17) is 4.98 Å². The predicted molar refractivity (Wildman–Crippen MR) is 142 cm³/mol. The van der Waals surface area contributed by atoms with Gasteiger partial charge in [-0.3, -0.25) is 9.59 Å². The molecule has 0 radical (unpaired) electrons. The number of hydrogen-bond donors (Lipinski definition) is 1. The molecule has 0 saturated carbocycles. The van der Waals surface area contributed by atoms with Gasteiger partial charge in [0.25, 0.3) is 5.91 Å². The van der Waals surface area contributed by atoms with Crippen LogP contribution in [0.15, 0.2) is 72.8 Å². The molecule has 0 spiro atoms. The summed E-state index contributed by atoms with van der Waals surface area (Å²) in [4.78, 5) is 33.6. The van der Waals surface area contributed by atoms with E-state index in [-0.39, 0.29) is 23.8 Å². The lowest BCUT2D eigenvalue weighted by Gasteiger charge is -2.33. The number of fused-ring (bicyclic) bond motifs is 1. The monoisotopic (exact) mass is 480 g/mol. The Hall–Kier alpha value is -3.93. The predicted octanol–water partition coefficient (Wildman–Crippen LogP) is 4.95. The average molecular weight is 481 g/mol. The maximum Gasteiger partial charge on any atom is 0.253 e. The van der Waals surface area contributed by atoms with Crippen molar-refractivity contribution in [2.24, 2.45) is 13.0 Å². The number of rotatable bonds is 5. The van der Waals surface area contributed by atoms with Crippen LogP contribution in [0.4, 0.5) is 0 Å². The number of piperidine rings is 1. The highest BCUT2D eigenvalue weighted by Gasteiger charge is 2.32. The molecule has 6 heteroatoms. The first-order chi connectivity index (χ1) is 17.4. The third-order valence-electron chi connectivity index (χ3n) is 7.05. The van der Waals surface area contributed by atoms with E-state index in [1.807, 2.05) is 97.1 Å². The summed E-state index contributed by atoms with van der Waals surface area (Å²) in [5.41, 5.74) is 5.72. The number of benzene rings is 3. The van der Waals surface area contributed by atoms with Crippen molar-refractivity contribution in [1.29, 1.82) is 0 Å². The number of carbonyl (C=O) groups is 2. The van der Waals surface area contributed by atoms with Gasteiger partial charge in [-0.25, -0.2) is 4.98 Å². The smallest absolute Gasteiger partial charge is 0.253 e. The molecular formula is C30H32N4O2. The number of aryl methyl sites for hydroxylation is 3. The Morgan fingerprint density at radius 2 is 1.67 bits per heavy atom. The van der Waals surface area contributed by atoms with Crippen LogP contribution < -0.4 is 5.32 Å². The summed E-state index contributed by atoms with van der Waals surface area (Å²) in [5, 5.41) is 3.28. The number of nitrogens with one attached hydrogen (secondary N) is 1. The number of likely N-dealkylation sites (tertiary alicyclic amines) is 1. The molecular weight excluding hydrogens is 448 g/mol. The molecule has 5 rings (SSSR count). The lowest BCUT2D eigenvalue weighted by atomic mass is 9.95. The molecule has 1 saturated heterocycles. The molecule has 2 atom stereocenters. The minimum Gasteiger partial charge on any atom is -0.342 e. The van der Waals surface area contributed by atoms with Crippen LogP contribution in [0.2, 0.25) is 0 Å². The van der Waals surface area contributed by atoms with Crippen LogP contribution in [-0.2, 0) is 11.8 Å². The van der Waals surface area contributed by atoms with Crippen molar-refractivity contribution >= 4 is 22.8 Å². The Bertz CT molecular complexity index is 1390. The van der Waals surface area contributed by atoms with E-state index in [1.54, 1.807) is 0 Å². The second-order valence-corrected chi connectivity index (χ2v) is 9.84. The van der Waals surface area contributed by atoms with Gasteiger partial charge in [0.15, 0.2) is 0 Å². The Morgan fingerprint density at radius 3 is 2.39 bits per heavy atom. The molecule has 1 aliphatic heterocycles. The van der Waals surface area contributed by atoms with Gasteiger partial charge in [-0.1, -0.05) is 59.7 Å². The second kappa shape index (κ2) is 9.97. The molecule has 2 unspecified atom stereocenters. The van der Waals surface area contributed by atoms with E-state index in [1.165, 1.54) is 0 Å². The summed E-state index contributed by atoms with van der Waals surface area (Å²) in [6.07, 6.45) is 1.56. The summed E-state index contributed by atoms with van der Waals surface area (Å²) in [7, 11) is 1.98. The van der Waals surface area contributed by atoms with Crippen molar-refractivity contribution in [2.75, 3.05) is 13.1 Å². The average Bonchev–Trinajstić information content (AvgIpc) is 3.23. The Balaban J connectivity index is 1.39. The van der Waals surface area contributed by atoms with E-state index in [9.17, 15) is 9.59 Å². The zero-order valence-electron chi connectivity index (χ0n) is 21.1. The van der Waals surface area contributed by atoms with Crippen LogP contribution in [0, 0.1) is 19.8 Å². The normalized spacial score (nSPS) is 16.6. The fourth-order valence-corrected chi connectivity index (χ4v) is 5.28. The molecule has 1 aliphatic rings. The zero-order valence-corrected chi connectivity index (χ0v) is 21.1. The van der Waals surface area contributed by atoms with Gasteiger partial charge in [-0.05, 0) is 56.5 Å². The molecule has 36 heavy (non-hydrogen) atoms. The van der Waals surface area contributed by atoms with Gasteiger partial charge in [0.2, 0.25) is 5.91 Å². The first kappa shape index (κ1) is 23.8. The maximum atomic E-state index is 13.6. The minimum absolute atomic E-state index is 0.00531. The summed E-state index contributed by atoms with van der Waals surface area (Å²) < 4.78 is 2.05. The molecule has 0 bridgehead atoms. The lowest BCUT2D eigenvalue weighted by Crippen LogP contribution is -2.46. The summed E-state index contributed by atoms with van der Waals surface area (Å²) in [6, 6.07) is 23.5. The molecule has 184 valence electrons. The second-order valence-electron chi connectivity index (χ2n) is 9.84. The van der Waals surface area contributed by atoms with Gasteiger partial charge in [-0.2, -0.15) is 0 Å². The first-order valence-electron chi connectivity index (χ1n) is 12.5. The highest BCUT2D eigenvalue weighted by Crippen LogP contribution is 2.27. The fraction of sp³-hybridized carbons (Fsp3) is 0.300. The van der Waals surface area contributed by atoms with Crippen molar-refractivity contribution in [2.45, 2.75) is 32.7 Å². The van der Waals surface area contributed by atoms with Gasteiger partial charge < -0.3 is 14.8 Å². The van der Waals surface area contributed by atoms with E-state index < -0.39 is 0 Å². The van der Waals surface area contributed by atoms with Crippen LogP contribution in [0.25, 0.3) is 11.0 Å². The van der Waals surface area contributed by atoms with Crippen molar-refractivity contribution in [1.82, 2.24) is 19.8 Å². The molecule has 1 aromatic heterocycles. The summed E-state index contributed by atoms with van der Waals surface area (Å²) in [6.45, 7) is 5.09. The van der Waals surface area contributed by atoms with Crippen LogP contribution in [0.3, 0.4) is 0 Å². The van der Waals surface area contributed by atoms with Gasteiger partial charge >= 0.3 is 0 Å². The van der Waals surface area contributed by atoms with E-state index in [0.29, 0.717) is 18.7 Å². The largest absolute Gasteiger partial charge is 0.342 e. The van der Waals surface area contributed by atoms with Gasteiger partial charge in [0.1, 0.15) is 11.9 Å². The third-order valence-corrected chi connectivity index (χ3v) is 7.05. The zero-order chi connectivity index (χ0) is 25.2. The number of carbonyl (C=O) groups excluding carboxylic acids is 2. The van der Waals surface area contributed by atoms with E-state index >= 15 is 0 Å². The molecule has 1 N–H and O–H groups in total. The summed E-state index contributed by atoms with van der Waals surface area (Å²) >= 11 is 0. The maximum absolute atomic E-state index is 13.6. The molecule has 2 amide bonds. The van der Waals surface area contributed by atoms with E-state index in [0.717, 1.165) is 46.4 Å². The minimum atomic E-state index is -0.387. The van der Waals surface area contributed by atoms with Crippen LogP contribution in [-0.4, -0.2) is 39.4 Å². The fourth-order valence-electron chi connectivity index (χ4n) is 5.28. The van der Waals surface area contributed by atoms with Crippen molar-refractivity contribution in [3.63, 3.8) is 0 Å². The highest BCUT2D eigenvalue weighted by atomic mass is 16.2. The SMILES string of the molecule is Cc1cc(C)cc(C(=O)N2CCCC(C(=O)NC(c3ccccc3)c3nc4ccccc4n3C)C2)c1. The number of imidazole rings is 1.